The molecular formula is C16H25F2NO. The van der Waals surface area contributed by atoms with Crippen molar-refractivity contribution in [2.75, 3.05) is 13.7 Å². The van der Waals surface area contributed by atoms with Crippen LogP contribution in [0.1, 0.15) is 39.2 Å². The van der Waals surface area contributed by atoms with E-state index in [1.54, 1.807) is 7.11 Å². The van der Waals surface area contributed by atoms with E-state index in [1.807, 2.05) is 13.8 Å². The van der Waals surface area contributed by atoms with E-state index in [9.17, 15) is 8.78 Å². The molecule has 0 amide bonds. The van der Waals surface area contributed by atoms with Crippen LogP contribution >= 0.6 is 0 Å². The van der Waals surface area contributed by atoms with Crippen LogP contribution in [0.15, 0.2) is 18.2 Å². The summed E-state index contributed by atoms with van der Waals surface area (Å²) in [5.41, 5.74) is -0.331. The van der Waals surface area contributed by atoms with E-state index in [1.165, 1.54) is 18.2 Å². The molecule has 1 N–H and O–H groups in total. The van der Waals surface area contributed by atoms with Gasteiger partial charge in [0.1, 0.15) is 11.6 Å². The van der Waals surface area contributed by atoms with Crippen molar-refractivity contribution in [1.29, 1.82) is 0 Å². The van der Waals surface area contributed by atoms with Crippen molar-refractivity contribution in [3.8, 4) is 0 Å². The maximum absolute atomic E-state index is 13.8. The van der Waals surface area contributed by atoms with Crippen LogP contribution in [0.5, 0.6) is 0 Å². The second-order valence-electron chi connectivity index (χ2n) is 5.28. The fraction of sp³-hybridized carbons (Fsp3) is 0.625. The SMILES string of the molecule is CCCNC(Cc1c(F)cccc1F)C(C)(CC)OC. The van der Waals surface area contributed by atoms with Crippen LogP contribution in [0.2, 0.25) is 0 Å². The summed E-state index contributed by atoms with van der Waals surface area (Å²) in [5.74, 6) is -0.995. The Morgan fingerprint density at radius 1 is 1.25 bits per heavy atom. The van der Waals surface area contributed by atoms with Gasteiger partial charge in [0.25, 0.3) is 0 Å². The molecule has 0 bridgehead atoms. The fourth-order valence-corrected chi connectivity index (χ4v) is 2.29. The number of methoxy groups -OCH3 is 1. The first-order chi connectivity index (χ1) is 9.48. The van der Waals surface area contributed by atoms with Gasteiger partial charge in [-0.25, -0.2) is 8.78 Å². The number of ether oxygens (including phenoxy) is 1. The average Bonchev–Trinajstić information content (AvgIpc) is 2.45. The molecule has 2 unspecified atom stereocenters. The van der Waals surface area contributed by atoms with Crippen LogP contribution in [-0.4, -0.2) is 25.3 Å². The number of rotatable bonds is 8. The third kappa shape index (κ3) is 4.00. The number of halogens is 2. The third-order valence-electron chi connectivity index (χ3n) is 4.02. The van der Waals surface area contributed by atoms with Crippen LogP contribution in [0.3, 0.4) is 0 Å². The molecule has 2 nitrogen and oxygen atoms in total. The van der Waals surface area contributed by atoms with Crippen molar-refractivity contribution in [3.63, 3.8) is 0 Å². The van der Waals surface area contributed by atoms with Crippen molar-refractivity contribution >= 4 is 0 Å². The second-order valence-corrected chi connectivity index (χ2v) is 5.28. The Morgan fingerprint density at radius 2 is 1.85 bits per heavy atom. The summed E-state index contributed by atoms with van der Waals surface area (Å²) in [6.07, 6.45) is 2.00. The first-order valence-corrected chi connectivity index (χ1v) is 7.19. The van der Waals surface area contributed by atoms with Crippen molar-refractivity contribution in [2.45, 2.75) is 51.7 Å². The van der Waals surface area contributed by atoms with Gasteiger partial charge in [-0.1, -0.05) is 19.9 Å². The summed E-state index contributed by atoms with van der Waals surface area (Å²) in [6.45, 7) is 6.84. The minimum absolute atomic E-state index is 0.123. The van der Waals surface area contributed by atoms with Gasteiger partial charge in [0.15, 0.2) is 0 Å². The van der Waals surface area contributed by atoms with Gasteiger partial charge in [-0.15, -0.1) is 0 Å². The van der Waals surface area contributed by atoms with E-state index in [4.69, 9.17) is 4.74 Å². The highest BCUT2D eigenvalue weighted by Crippen LogP contribution is 2.24. The Morgan fingerprint density at radius 3 is 2.30 bits per heavy atom. The lowest BCUT2D eigenvalue weighted by molar-refractivity contribution is -0.0290. The highest BCUT2D eigenvalue weighted by atomic mass is 19.1. The fourth-order valence-electron chi connectivity index (χ4n) is 2.29. The lowest BCUT2D eigenvalue weighted by Crippen LogP contribution is -2.51. The predicted octanol–water partition coefficient (Wildman–Crippen LogP) is 3.69. The summed E-state index contributed by atoms with van der Waals surface area (Å²) in [4.78, 5) is 0. The Bertz CT molecular complexity index is 399. The molecule has 114 valence electrons. The zero-order valence-corrected chi connectivity index (χ0v) is 12.8. The molecule has 0 aliphatic rings. The van der Waals surface area contributed by atoms with Crippen molar-refractivity contribution in [1.82, 2.24) is 5.32 Å². The smallest absolute Gasteiger partial charge is 0.129 e. The minimum Gasteiger partial charge on any atom is -0.377 e. The largest absolute Gasteiger partial charge is 0.377 e. The molecule has 0 saturated carbocycles. The molecule has 0 fully saturated rings. The van der Waals surface area contributed by atoms with E-state index in [2.05, 4.69) is 12.2 Å². The van der Waals surface area contributed by atoms with E-state index in [0.717, 1.165) is 19.4 Å². The molecule has 0 spiro atoms. The molecule has 1 aromatic rings. The summed E-state index contributed by atoms with van der Waals surface area (Å²) in [5, 5.41) is 3.36. The Hall–Kier alpha value is -1.00. The zero-order chi connectivity index (χ0) is 15.2. The van der Waals surface area contributed by atoms with Crippen molar-refractivity contribution in [2.24, 2.45) is 0 Å². The molecule has 1 rings (SSSR count). The summed E-state index contributed by atoms with van der Waals surface area (Å²) in [6, 6.07) is 3.85. The minimum atomic E-state index is -0.497. The monoisotopic (exact) mass is 285 g/mol. The Balaban J connectivity index is 3.00. The average molecular weight is 285 g/mol. The lowest BCUT2D eigenvalue weighted by Gasteiger charge is -2.36. The first kappa shape index (κ1) is 17.1. The van der Waals surface area contributed by atoms with E-state index in [-0.39, 0.29) is 18.0 Å². The lowest BCUT2D eigenvalue weighted by atomic mass is 9.87. The molecule has 0 heterocycles. The molecule has 2 atom stereocenters. The van der Waals surface area contributed by atoms with Gasteiger partial charge < -0.3 is 10.1 Å². The number of hydrogen-bond donors (Lipinski definition) is 1. The van der Waals surface area contributed by atoms with Gasteiger partial charge in [-0.05, 0) is 44.9 Å². The molecule has 0 aliphatic carbocycles. The number of nitrogens with one attached hydrogen (secondary N) is 1. The van der Waals surface area contributed by atoms with E-state index < -0.39 is 17.2 Å². The standard InChI is InChI=1S/C16H25F2NO/c1-5-10-19-15(16(3,6-2)20-4)11-12-13(17)8-7-9-14(12)18/h7-9,15,19H,5-6,10-11H2,1-4H3. The first-order valence-electron chi connectivity index (χ1n) is 7.19. The summed E-state index contributed by atoms with van der Waals surface area (Å²) in [7, 11) is 1.64. The number of benzene rings is 1. The number of hydrogen-bond acceptors (Lipinski definition) is 2. The summed E-state index contributed by atoms with van der Waals surface area (Å²) >= 11 is 0. The normalized spacial score (nSPS) is 15.9. The zero-order valence-electron chi connectivity index (χ0n) is 12.8. The third-order valence-corrected chi connectivity index (χ3v) is 4.02. The van der Waals surface area contributed by atoms with Gasteiger partial charge in [0.2, 0.25) is 0 Å². The van der Waals surface area contributed by atoms with Crippen LogP contribution in [0.4, 0.5) is 8.78 Å². The van der Waals surface area contributed by atoms with Gasteiger partial charge in [0, 0.05) is 18.7 Å². The van der Waals surface area contributed by atoms with E-state index in [0.29, 0.717) is 0 Å². The topological polar surface area (TPSA) is 21.3 Å². The predicted molar refractivity (Wildman–Crippen MR) is 77.8 cm³/mol. The molecule has 4 heteroatoms. The van der Waals surface area contributed by atoms with Gasteiger partial charge in [-0.2, -0.15) is 0 Å². The van der Waals surface area contributed by atoms with Crippen LogP contribution in [0.25, 0.3) is 0 Å². The van der Waals surface area contributed by atoms with Crippen molar-refractivity contribution in [3.05, 3.63) is 35.4 Å². The highest BCUT2D eigenvalue weighted by Gasteiger charge is 2.33. The maximum atomic E-state index is 13.8. The second kappa shape index (κ2) is 7.70. The highest BCUT2D eigenvalue weighted by molar-refractivity contribution is 5.21. The molecule has 20 heavy (non-hydrogen) atoms. The molecule has 0 aliphatic heterocycles. The van der Waals surface area contributed by atoms with Gasteiger partial charge in [-0.3, -0.25) is 0 Å². The molecule has 0 aromatic heterocycles. The van der Waals surface area contributed by atoms with Gasteiger partial charge >= 0.3 is 0 Å². The van der Waals surface area contributed by atoms with Crippen LogP contribution in [0, 0.1) is 11.6 Å². The van der Waals surface area contributed by atoms with Crippen molar-refractivity contribution < 1.29 is 13.5 Å². The molecule has 1 aromatic carbocycles. The Kier molecular flexibility index (Phi) is 6.56. The quantitative estimate of drug-likeness (QED) is 0.786. The van der Waals surface area contributed by atoms with Gasteiger partial charge in [0.05, 0.1) is 5.60 Å². The van der Waals surface area contributed by atoms with Crippen LogP contribution < -0.4 is 5.32 Å². The maximum Gasteiger partial charge on any atom is 0.129 e. The summed E-state index contributed by atoms with van der Waals surface area (Å²) < 4.78 is 33.2. The molecule has 0 saturated heterocycles. The molecule has 0 radical (unpaired) electrons. The van der Waals surface area contributed by atoms with Crippen LogP contribution in [-0.2, 0) is 11.2 Å². The Labute approximate surface area is 120 Å². The molecular weight excluding hydrogens is 260 g/mol. The van der Waals surface area contributed by atoms with E-state index >= 15 is 0 Å².